The first kappa shape index (κ1) is 13.0. The molecule has 0 heterocycles. The van der Waals surface area contributed by atoms with Gasteiger partial charge < -0.3 is 11.1 Å². The van der Waals surface area contributed by atoms with Gasteiger partial charge in [-0.2, -0.15) is 0 Å². The summed E-state index contributed by atoms with van der Waals surface area (Å²) in [4.78, 5) is 11.8. The Morgan fingerprint density at radius 3 is 2.43 bits per heavy atom. The summed E-state index contributed by atoms with van der Waals surface area (Å²) in [6.07, 6.45) is 7.20. The number of hydrogen-bond donors (Lipinski definition) is 2. The quantitative estimate of drug-likeness (QED) is 0.489. The van der Waals surface area contributed by atoms with Gasteiger partial charge >= 0.3 is 0 Å². The summed E-state index contributed by atoms with van der Waals surface area (Å²) in [6, 6.07) is 0. The molecular formula is C11H20N2O. The number of hydrogen-bond acceptors (Lipinski definition) is 2. The first-order valence-corrected chi connectivity index (χ1v) is 5.08. The van der Waals surface area contributed by atoms with Gasteiger partial charge in [-0.15, -0.1) is 12.3 Å². The van der Waals surface area contributed by atoms with Crippen molar-refractivity contribution < 1.29 is 4.79 Å². The molecule has 14 heavy (non-hydrogen) atoms. The predicted octanol–water partition coefficient (Wildman–Crippen LogP) is 0.891. The van der Waals surface area contributed by atoms with Gasteiger partial charge in [0, 0.05) is 19.5 Å². The molecule has 3 nitrogen and oxygen atoms in total. The van der Waals surface area contributed by atoms with Gasteiger partial charge in [-0.05, 0) is 12.8 Å². The zero-order valence-electron chi connectivity index (χ0n) is 9.10. The number of terminal acetylenes is 1. The average molecular weight is 196 g/mol. The van der Waals surface area contributed by atoms with Crippen LogP contribution in [0.3, 0.4) is 0 Å². The molecule has 0 aliphatic heterocycles. The van der Waals surface area contributed by atoms with Gasteiger partial charge in [-0.3, -0.25) is 4.79 Å². The number of nitrogens with two attached hydrogens (primary N) is 1. The molecule has 0 aliphatic rings. The SMILES string of the molecule is C#CCCNC(=O)C(CC)(CC)CN. The molecule has 0 aromatic rings. The molecular weight excluding hydrogens is 176 g/mol. The highest BCUT2D eigenvalue weighted by Crippen LogP contribution is 2.24. The second-order valence-electron chi connectivity index (χ2n) is 3.40. The Kier molecular flexibility index (Phi) is 5.98. The summed E-state index contributed by atoms with van der Waals surface area (Å²) >= 11 is 0. The van der Waals surface area contributed by atoms with Crippen LogP contribution in [0, 0.1) is 17.8 Å². The van der Waals surface area contributed by atoms with Crippen LogP contribution in [0.1, 0.15) is 33.1 Å². The third kappa shape index (κ3) is 3.04. The van der Waals surface area contributed by atoms with Crippen LogP contribution in [0.25, 0.3) is 0 Å². The van der Waals surface area contributed by atoms with E-state index < -0.39 is 5.41 Å². The minimum absolute atomic E-state index is 0.0280. The molecule has 0 bridgehead atoms. The van der Waals surface area contributed by atoms with Gasteiger partial charge in [0.25, 0.3) is 0 Å². The maximum absolute atomic E-state index is 11.8. The largest absolute Gasteiger partial charge is 0.355 e. The third-order valence-corrected chi connectivity index (χ3v) is 2.78. The van der Waals surface area contributed by atoms with Crippen molar-refractivity contribution in [3.63, 3.8) is 0 Å². The molecule has 0 radical (unpaired) electrons. The van der Waals surface area contributed by atoms with E-state index in [2.05, 4.69) is 11.2 Å². The Balaban J connectivity index is 4.24. The lowest BCUT2D eigenvalue weighted by Gasteiger charge is -2.28. The van der Waals surface area contributed by atoms with Crippen molar-refractivity contribution in [2.45, 2.75) is 33.1 Å². The number of amides is 1. The molecule has 0 saturated heterocycles. The Hall–Kier alpha value is -1.01. The lowest BCUT2D eigenvalue weighted by Crippen LogP contribution is -2.45. The van der Waals surface area contributed by atoms with Crippen molar-refractivity contribution in [3.05, 3.63) is 0 Å². The zero-order chi connectivity index (χ0) is 11.0. The van der Waals surface area contributed by atoms with Crippen molar-refractivity contribution in [2.24, 2.45) is 11.1 Å². The van der Waals surface area contributed by atoms with Gasteiger partial charge in [0.15, 0.2) is 0 Å². The Morgan fingerprint density at radius 2 is 2.07 bits per heavy atom. The second-order valence-corrected chi connectivity index (χ2v) is 3.40. The van der Waals surface area contributed by atoms with E-state index in [1.807, 2.05) is 13.8 Å². The van der Waals surface area contributed by atoms with Gasteiger partial charge in [0.05, 0.1) is 5.41 Å². The molecule has 0 atom stereocenters. The molecule has 3 N–H and O–H groups in total. The topological polar surface area (TPSA) is 55.1 Å². The normalized spacial score (nSPS) is 10.7. The van der Waals surface area contributed by atoms with Crippen molar-refractivity contribution in [2.75, 3.05) is 13.1 Å². The van der Waals surface area contributed by atoms with Crippen molar-refractivity contribution in [3.8, 4) is 12.3 Å². The fraction of sp³-hybridized carbons (Fsp3) is 0.727. The second kappa shape index (κ2) is 6.44. The van der Waals surface area contributed by atoms with Crippen molar-refractivity contribution in [1.29, 1.82) is 0 Å². The maximum atomic E-state index is 11.8. The number of rotatable bonds is 6. The highest BCUT2D eigenvalue weighted by molar-refractivity contribution is 5.82. The first-order valence-electron chi connectivity index (χ1n) is 5.08. The monoisotopic (exact) mass is 196 g/mol. The number of carbonyl (C=O) groups is 1. The Morgan fingerprint density at radius 1 is 1.50 bits per heavy atom. The minimum Gasteiger partial charge on any atom is -0.355 e. The highest BCUT2D eigenvalue weighted by atomic mass is 16.2. The van der Waals surface area contributed by atoms with E-state index in [4.69, 9.17) is 12.2 Å². The van der Waals surface area contributed by atoms with Crippen LogP contribution in [0.15, 0.2) is 0 Å². The summed E-state index contributed by atoms with van der Waals surface area (Å²) in [5, 5.41) is 2.82. The summed E-state index contributed by atoms with van der Waals surface area (Å²) in [5.74, 6) is 2.51. The molecule has 1 amide bonds. The first-order chi connectivity index (χ1) is 6.66. The molecule has 3 heteroatoms. The van der Waals surface area contributed by atoms with E-state index in [-0.39, 0.29) is 5.91 Å². The highest BCUT2D eigenvalue weighted by Gasteiger charge is 2.32. The molecule has 0 aromatic heterocycles. The molecule has 80 valence electrons. The minimum atomic E-state index is -0.408. The summed E-state index contributed by atoms with van der Waals surface area (Å²) in [6.45, 7) is 4.90. The molecule has 0 aliphatic carbocycles. The Labute approximate surface area is 86.4 Å². The zero-order valence-corrected chi connectivity index (χ0v) is 9.10. The van der Waals surface area contributed by atoms with E-state index in [1.54, 1.807) is 0 Å². The van der Waals surface area contributed by atoms with E-state index in [1.165, 1.54) is 0 Å². The van der Waals surface area contributed by atoms with E-state index >= 15 is 0 Å². The molecule has 0 saturated carbocycles. The molecule has 0 aromatic carbocycles. The van der Waals surface area contributed by atoms with Gasteiger partial charge in [-0.1, -0.05) is 13.8 Å². The lowest BCUT2D eigenvalue weighted by atomic mass is 9.81. The van der Waals surface area contributed by atoms with Crippen LogP contribution in [0.5, 0.6) is 0 Å². The van der Waals surface area contributed by atoms with Crippen LogP contribution in [0.4, 0.5) is 0 Å². The Bertz CT molecular complexity index is 206. The van der Waals surface area contributed by atoms with E-state index in [9.17, 15) is 4.79 Å². The van der Waals surface area contributed by atoms with Crippen molar-refractivity contribution >= 4 is 5.91 Å². The van der Waals surface area contributed by atoms with Crippen LogP contribution in [0.2, 0.25) is 0 Å². The van der Waals surface area contributed by atoms with Crippen LogP contribution in [-0.4, -0.2) is 19.0 Å². The molecule has 0 spiro atoms. The lowest BCUT2D eigenvalue weighted by molar-refractivity contribution is -0.130. The van der Waals surface area contributed by atoms with Gasteiger partial charge in [0.2, 0.25) is 5.91 Å². The molecule has 0 rings (SSSR count). The summed E-state index contributed by atoms with van der Waals surface area (Å²) < 4.78 is 0. The molecule has 0 fully saturated rings. The summed E-state index contributed by atoms with van der Waals surface area (Å²) in [5.41, 5.74) is 5.22. The van der Waals surface area contributed by atoms with Gasteiger partial charge in [-0.25, -0.2) is 0 Å². The van der Waals surface area contributed by atoms with Crippen LogP contribution < -0.4 is 11.1 Å². The predicted molar refractivity (Wildman–Crippen MR) is 58.5 cm³/mol. The van der Waals surface area contributed by atoms with E-state index in [0.29, 0.717) is 19.5 Å². The van der Waals surface area contributed by atoms with Crippen LogP contribution >= 0.6 is 0 Å². The summed E-state index contributed by atoms with van der Waals surface area (Å²) in [7, 11) is 0. The standard InChI is InChI=1S/C11H20N2O/c1-4-7-8-13-10(14)11(5-2,6-3)9-12/h1H,5-9,12H2,2-3H3,(H,13,14). The number of nitrogens with one attached hydrogen (secondary N) is 1. The maximum Gasteiger partial charge on any atom is 0.227 e. The van der Waals surface area contributed by atoms with E-state index in [0.717, 1.165) is 12.8 Å². The fourth-order valence-corrected chi connectivity index (χ4v) is 1.39. The fourth-order valence-electron chi connectivity index (χ4n) is 1.39. The average Bonchev–Trinajstić information content (AvgIpc) is 2.22. The van der Waals surface area contributed by atoms with Crippen LogP contribution in [-0.2, 0) is 4.79 Å². The van der Waals surface area contributed by atoms with Crippen molar-refractivity contribution in [1.82, 2.24) is 5.32 Å². The number of carbonyl (C=O) groups excluding carboxylic acids is 1. The molecule has 0 unspecified atom stereocenters. The smallest absolute Gasteiger partial charge is 0.227 e. The van der Waals surface area contributed by atoms with Gasteiger partial charge in [0.1, 0.15) is 0 Å². The third-order valence-electron chi connectivity index (χ3n) is 2.78.